The zero-order valence-corrected chi connectivity index (χ0v) is 26.2. The summed E-state index contributed by atoms with van der Waals surface area (Å²) in [5.41, 5.74) is -0.234. The lowest BCUT2D eigenvalue weighted by atomic mass is 10.0. The molecule has 11 aromatic rings. The number of aromatic nitrogens is 4. The van der Waals surface area contributed by atoms with Crippen molar-refractivity contribution >= 4 is 65.5 Å². The molecule has 0 radical (unpaired) electrons. The molecule has 0 N–H and O–H groups in total. The fourth-order valence-electron chi connectivity index (χ4n) is 7.02. The van der Waals surface area contributed by atoms with Crippen molar-refractivity contribution in [2.45, 2.75) is 0 Å². The molecule has 0 aliphatic carbocycles. The second-order valence-corrected chi connectivity index (χ2v) is 11.9. The van der Waals surface area contributed by atoms with Crippen molar-refractivity contribution in [3.05, 3.63) is 182 Å². The number of benzene rings is 7. The molecule has 0 aliphatic rings. The van der Waals surface area contributed by atoms with Crippen LogP contribution in [0.25, 0.3) is 93.7 Å². The van der Waals surface area contributed by atoms with Gasteiger partial charge >= 0.3 is 0 Å². The molecular weight excluding hydrogens is 621 g/mol. The molecule has 4 nitrogen and oxygen atoms in total. The molecule has 238 valence electrons. The summed E-state index contributed by atoms with van der Waals surface area (Å²) in [7, 11) is 0. The molecule has 0 atom stereocenters. The minimum atomic E-state index is -0.750. The maximum atomic E-state index is 10.1. The van der Waals surface area contributed by atoms with Crippen molar-refractivity contribution in [2.24, 2.45) is 0 Å². The summed E-state index contributed by atoms with van der Waals surface area (Å²) in [5, 5.41) is 0.580. The first-order valence-corrected chi connectivity index (χ1v) is 15.9. The van der Waals surface area contributed by atoms with E-state index in [9.17, 15) is 8.22 Å². The molecule has 4 heteroatoms. The van der Waals surface area contributed by atoms with E-state index in [-0.39, 0.29) is 49.4 Å². The number of rotatable bonds is 4. The average Bonchev–Trinajstić information content (AvgIpc) is 4.00. The van der Waals surface area contributed by atoms with Gasteiger partial charge in [-0.3, -0.25) is 4.57 Å². The van der Waals surface area contributed by atoms with Crippen LogP contribution < -0.4 is 0 Å². The van der Waals surface area contributed by atoms with Gasteiger partial charge in [0.1, 0.15) is 5.65 Å². The summed E-state index contributed by atoms with van der Waals surface area (Å²) in [6.07, 6.45) is -0.719. The molecule has 0 unspecified atom stereocenters. The predicted octanol–water partition coefficient (Wildman–Crippen LogP) is 12.0. The fraction of sp³-hybridized carbons (Fsp3) is 0. The van der Waals surface area contributed by atoms with Gasteiger partial charge in [-0.25, -0.2) is 4.98 Å². The maximum absolute atomic E-state index is 10.1. The molecule has 4 heterocycles. The Labute approximate surface area is 319 Å². The first kappa shape index (κ1) is 15.8. The second-order valence-electron chi connectivity index (χ2n) is 11.9. The molecule has 0 amide bonds. The van der Waals surface area contributed by atoms with E-state index in [1.54, 1.807) is 12.1 Å². The molecule has 0 aliphatic heterocycles. The monoisotopic (exact) mass is 668 g/mol. The third-order valence-corrected chi connectivity index (χ3v) is 9.15. The topological polar surface area (TPSA) is 27.7 Å². The Morgan fingerprint density at radius 2 is 1.14 bits per heavy atom. The van der Waals surface area contributed by atoms with Gasteiger partial charge in [-0.1, -0.05) is 103 Å². The van der Waals surface area contributed by atoms with E-state index in [2.05, 4.69) is 4.98 Å². The fourth-order valence-corrected chi connectivity index (χ4v) is 7.02. The molecule has 0 saturated carbocycles. The highest BCUT2D eigenvalue weighted by Gasteiger charge is 2.19. The van der Waals surface area contributed by atoms with Crippen molar-refractivity contribution in [3.8, 4) is 28.2 Å². The maximum Gasteiger partial charge on any atom is 0.145 e. The Kier molecular flexibility index (Phi) is 3.33. The average molecular weight is 669 g/mol. The number of fused-ring (bicyclic) bond motifs is 9. The van der Waals surface area contributed by atoms with Crippen molar-refractivity contribution in [3.63, 3.8) is 0 Å². The lowest BCUT2D eigenvalue weighted by molar-refractivity contribution is 1.13. The molecule has 4 aromatic heterocycles. The molecular formula is C47H30N4. The van der Waals surface area contributed by atoms with Gasteiger partial charge in [-0.2, -0.15) is 0 Å². The highest BCUT2D eigenvalue weighted by Crippen LogP contribution is 2.40. The van der Waals surface area contributed by atoms with Gasteiger partial charge in [0, 0.05) is 55.6 Å². The zero-order chi connectivity index (χ0) is 49.1. The van der Waals surface area contributed by atoms with Gasteiger partial charge in [-0.15, -0.1) is 0 Å². The van der Waals surface area contributed by atoms with Crippen molar-refractivity contribution in [2.75, 3.05) is 0 Å². The first-order chi connectivity index (χ1) is 32.8. The van der Waals surface area contributed by atoms with Crippen LogP contribution in [0.2, 0.25) is 0 Å². The Morgan fingerprint density at radius 3 is 2.06 bits per heavy atom. The number of hydrogen-bond donors (Lipinski definition) is 0. The third kappa shape index (κ3) is 4.11. The highest BCUT2D eigenvalue weighted by molar-refractivity contribution is 6.14. The van der Waals surface area contributed by atoms with Gasteiger partial charge < -0.3 is 9.13 Å². The minimum Gasteiger partial charge on any atom is -0.309 e. The van der Waals surface area contributed by atoms with Crippen LogP contribution in [0, 0.1) is 0 Å². The van der Waals surface area contributed by atoms with Crippen LogP contribution in [0.5, 0.6) is 0 Å². The highest BCUT2D eigenvalue weighted by atomic mass is 15.1. The summed E-state index contributed by atoms with van der Waals surface area (Å²) in [5.74, 6) is 0. The van der Waals surface area contributed by atoms with E-state index in [4.69, 9.17) is 16.4 Å². The van der Waals surface area contributed by atoms with Crippen LogP contribution in [0.1, 0.15) is 24.7 Å². The molecule has 0 fully saturated rings. The Hall–Kier alpha value is -6.91. The number of pyridine rings is 1. The molecule has 0 bridgehead atoms. The zero-order valence-electron chi connectivity index (χ0n) is 44.2. The van der Waals surface area contributed by atoms with Crippen LogP contribution in [0.4, 0.5) is 0 Å². The lowest BCUT2D eigenvalue weighted by Gasteiger charge is -2.12. The van der Waals surface area contributed by atoms with Crippen LogP contribution in [-0.2, 0) is 0 Å². The standard InChI is InChI=1S/C47H30N4/c1-3-12-31(13-4-1)32-21-24-39-41-29-34(51-43-20-10-8-17-37(43)40-18-11-27-48-47(40)51)23-26-44(41)50(45(39)28-32)35-22-25-38-36-16-7-9-19-42(36)49(46(38)30-35)33-14-5-2-6-15-33/h1-30H/i1D,3D,4D,8D,10D,11D,12D,13D,17D,18D,20D,21D,23D,24D,26D,27D,28D,29D. The van der Waals surface area contributed by atoms with Crippen LogP contribution in [0.15, 0.2) is 182 Å². The molecule has 0 saturated heterocycles. The second kappa shape index (κ2) is 10.8. The predicted molar refractivity (Wildman–Crippen MR) is 213 cm³/mol. The summed E-state index contributed by atoms with van der Waals surface area (Å²) in [4.78, 5) is 4.23. The van der Waals surface area contributed by atoms with E-state index < -0.39 is 126 Å². The SMILES string of the molecule is [2H]c1nc2c(c([2H])c1[2H])c1c([2H])c([2H])c([2H])c([2H])c1n2-c1c([2H])c([2H])c2c(c1[2H])c1c([2H])c([2H])c(-c3c([2H])c([2H])c([2H])c([2H])c3[2H])c([2H])c1n2-c1ccc2c3ccccc3n(-c3ccccc3)c2c1. The van der Waals surface area contributed by atoms with Gasteiger partial charge in [0.2, 0.25) is 0 Å². The summed E-state index contributed by atoms with van der Waals surface area (Å²) < 4.78 is 167. The van der Waals surface area contributed by atoms with Crippen molar-refractivity contribution < 1.29 is 24.7 Å². The van der Waals surface area contributed by atoms with Gasteiger partial charge in [-0.05, 0) is 83.8 Å². The smallest absolute Gasteiger partial charge is 0.145 e. The van der Waals surface area contributed by atoms with Gasteiger partial charge in [0.15, 0.2) is 0 Å². The summed E-state index contributed by atoms with van der Waals surface area (Å²) in [6.45, 7) is 0. The number of para-hydroxylation sites is 3. The van der Waals surface area contributed by atoms with E-state index in [1.165, 1.54) is 4.57 Å². The molecule has 51 heavy (non-hydrogen) atoms. The Bertz CT molecular complexity index is 4150. The molecule has 0 spiro atoms. The van der Waals surface area contributed by atoms with Crippen molar-refractivity contribution in [1.29, 1.82) is 0 Å². The Morgan fingerprint density at radius 1 is 0.392 bits per heavy atom. The minimum absolute atomic E-state index is 0.212. The third-order valence-electron chi connectivity index (χ3n) is 9.15. The van der Waals surface area contributed by atoms with E-state index >= 15 is 0 Å². The van der Waals surface area contributed by atoms with Crippen LogP contribution in [0.3, 0.4) is 0 Å². The largest absolute Gasteiger partial charge is 0.309 e. The van der Waals surface area contributed by atoms with E-state index in [1.807, 2.05) is 65.2 Å². The normalized spacial score (nSPS) is 16.9. The van der Waals surface area contributed by atoms with Crippen molar-refractivity contribution in [1.82, 2.24) is 18.7 Å². The molecule has 7 aromatic carbocycles. The molecule has 11 rings (SSSR count). The lowest BCUT2D eigenvalue weighted by Crippen LogP contribution is -1.98. The quantitative estimate of drug-likeness (QED) is 0.183. The first-order valence-electron chi connectivity index (χ1n) is 24.9. The van der Waals surface area contributed by atoms with E-state index in [0.29, 0.717) is 5.52 Å². The Balaban J connectivity index is 1.37. The van der Waals surface area contributed by atoms with Gasteiger partial charge in [0.25, 0.3) is 0 Å². The van der Waals surface area contributed by atoms with E-state index in [0.717, 1.165) is 26.5 Å². The number of nitrogens with zero attached hydrogens (tertiary/aromatic N) is 4. The summed E-state index contributed by atoms with van der Waals surface area (Å²) >= 11 is 0. The number of hydrogen-bond acceptors (Lipinski definition) is 1. The van der Waals surface area contributed by atoms with Crippen LogP contribution in [-0.4, -0.2) is 18.7 Å². The summed E-state index contributed by atoms with van der Waals surface area (Å²) in [6, 6.07) is 10.7. The van der Waals surface area contributed by atoms with Gasteiger partial charge in [0.05, 0.1) is 52.3 Å². The van der Waals surface area contributed by atoms with Crippen LogP contribution >= 0.6 is 0 Å².